The number of benzene rings is 1. The van der Waals surface area contributed by atoms with Crippen LogP contribution in [-0.4, -0.2) is 26.2 Å². The summed E-state index contributed by atoms with van der Waals surface area (Å²) in [6.45, 7) is 0. The third-order valence-electron chi connectivity index (χ3n) is 3.34. The molecule has 0 amide bonds. The van der Waals surface area contributed by atoms with Gasteiger partial charge in [-0.15, -0.1) is 0 Å². The van der Waals surface area contributed by atoms with Gasteiger partial charge in [0.2, 0.25) is 0 Å². The summed E-state index contributed by atoms with van der Waals surface area (Å²) in [5, 5.41) is 2.24. The van der Waals surface area contributed by atoms with E-state index >= 15 is 0 Å². The monoisotopic (exact) mass is 376 g/mol. The molecule has 8 heteroatoms. The Kier molecular flexibility index (Phi) is 4.29. The van der Waals surface area contributed by atoms with E-state index in [0.29, 0.717) is 21.3 Å². The Hall–Kier alpha value is -0.950. The van der Waals surface area contributed by atoms with E-state index in [2.05, 4.69) is 0 Å². The number of hydrogen-bond donors (Lipinski definition) is 0. The second-order valence-electron chi connectivity index (χ2n) is 4.78. The van der Waals surface area contributed by atoms with Crippen LogP contribution in [0.4, 0.5) is 0 Å². The van der Waals surface area contributed by atoms with Gasteiger partial charge in [0, 0.05) is 10.6 Å². The number of hydrogen-bond acceptors (Lipinski definition) is 5. The molecule has 0 saturated carbocycles. The molecule has 3 rings (SSSR count). The van der Waals surface area contributed by atoms with Gasteiger partial charge in [-0.2, -0.15) is 0 Å². The average molecular weight is 377 g/mol. The van der Waals surface area contributed by atoms with Crippen LogP contribution >= 0.6 is 35.0 Å². The Morgan fingerprint density at radius 3 is 2.82 bits per heavy atom. The highest BCUT2D eigenvalue weighted by Gasteiger charge is 2.36. The fourth-order valence-corrected chi connectivity index (χ4v) is 5.77. The third-order valence-corrected chi connectivity index (χ3v) is 7.28. The fraction of sp³-hybridized carbons (Fsp3) is 0.214. The largest absolute Gasteiger partial charge is 0.450 e. The molecular weight excluding hydrogens is 367 g/mol. The van der Waals surface area contributed by atoms with Crippen molar-refractivity contribution in [3.8, 4) is 0 Å². The van der Waals surface area contributed by atoms with Crippen molar-refractivity contribution in [3.05, 3.63) is 55.1 Å². The Morgan fingerprint density at radius 2 is 2.09 bits per heavy atom. The second kappa shape index (κ2) is 5.92. The van der Waals surface area contributed by atoms with Crippen LogP contribution in [-0.2, 0) is 14.6 Å². The minimum absolute atomic E-state index is 0.0576. The Balaban J connectivity index is 1.85. The maximum Gasteiger partial charge on any atom is 0.340 e. The zero-order chi connectivity index (χ0) is 15.9. The molecule has 0 bridgehead atoms. The molecule has 116 valence electrons. The van der Waals surface area contributed by atoms with Crippen molar-refractivity contribution >= 4 is 50.8 Å². The molecule has 0 N–H and O–H groups in total. The number of halogens is 2. The van der Waals surface area contributed by atoms with Gasteiger partial charge in [0.25, 0.3) is 0 Å². The molecule has 0 fully saturated rings. The number of thioether (sulfide) groups is 1. The van der Waals surface area contributed by atoms with E-state index in [4.69, 9.17) is 27.9 Å². The summed E-state index contributed by atoms with van der Waals surface area (Å²) in [5.74, 6) is -0.554. The molecule has 4 nitrogen and oxygen atoms in total. The second-order valence-corrected chi connectivity index (χ2v) is 8.84. The average Bonchev–Trinajstić information content (AvgIpc) is 2.76. The van der Waals surface area contributed by atoms with Crippen molar-refractivity contribution in [2.75, 3.05) is 5.75 Å². The Morgan fingerprint density at radius 1 is 1.32 bits per heavy atom. The van der Waals surface area contributed by atoms with Gasteiger partial charge in [0.05, 0.1) is 16.3 Å². The van der Waals surface area contributed by atoms with Crippen molar-refractivity contribution in [2.24, 2.45) is 0 Å². The van der Waals surface area contributed by atoms with Gasteiger partial charge in [-0.25, -0.2) is 13.2 Å². The lowest BCUT2D eigenvalue weighted by molar-refractivity contribution is 0.0445. The van der Waals surface area contributed by atoms with Crippen molar-refractivity contribution < 1.29 is 17.9 Å². The molecule has 0 saturated heterocycles. The van der Waals surface area contributed by atoms with Crippen LogP contribution in [0.3, 0.4) is 0 Å². The molecule has 2 aliphatic heterocycles. The molecule has 0 spiro atoms. The molecule has 0 aliphatic carbocycles. The lowest BCUT2D eigenvalue weighted by Gasteiger charge is -2.19. The first-order valence-electron chi connectivity index (χ1n) is 6.33. The van der Waals surface area contributed by atoms with Gasteiger partial charge < -0.3 is 4.74 Å². The highest BCUT2D eigenvalue weighted by Crippen LogP contribution is 2.41. The molecule has 0 aromatic heterocycles. The Bertz CT molecular complexity index is 812. The van der Waals surface area contributed by atoms with Crippen molar-refractivity contribution in [3.63, 3.8) is 0 Å². The molecule has 2 heterocycles. The highest BCUT2D eigenvalue weighted by molar-refractivity contribution is 8.20. The summed E-state index contributed by atoms with van der Waals surface area (Å²) >= 11 is 12.9. The topological polar surface area (TPSA) is 60.4 Å². The van der Waals surface area contributed by atoms with E-state index in [1.807, 2.05) is 0 Å². The van der Waals surface area contributed by atoms with Crippen molar-refractivity contribution in [1.82, 2.24) is 0 Å². The van der Waals surface area contributed by atoms with Crippen LogP contribution in [0.1, 0.15) is 16.8 Å². The lowest BCUT2D eigenvalue weighted by Crippen LogP contribution is -2.20. The predicted octanol–water partition coefficient (Wildman–Crippen LogP) is 3.81. The van der Waals surface area contributed by atoms with Gasteiger partial charge in [-0.1, -0.05) is 35.0 Å². The van der Waals surface area contributed by atoms with E-state index in [1.165, 1.54) is 12.1 Å². The van der Waals surface area contributed by atoms with Gasteiger partial charge in [0.15, 0.2) is 9.84 Å². The summed E-state index contributed by atoms with van der Waals surface area (Å²) < 4.78 is 29.5. The first-order valence-corrected chi connectivity index (χ1v) is 9.62. The van der Waals surface area contributed by atoms with Gasteiger partial charge >= 0.3 is 5.97 Å². The van der Waals surface area contributed by atoms with Crippen molar-refractivity contribution in [2.45, 2.75) is 12.5 Å². The summed E-state index contributed by atoms with van der Waals surface area (Å²) in [6, 6.07) is 4.48. The lowest BCUT2D eigenvalue weighted by atomic mass is 10.1. The standard InChI is InChI=1S/C14H10Cl2O4S2/c15-8-1-2-9(11(16)7-8)13(17)20-12-3-5-21-14-10(12)4-6-22(14,18)19/h1-3,5,7,12H,4,6H2. The fourth-order valence-electron chi connectivity index (χ4n) is 2.28. The van der Waals surface area contributed by atoms with Gasteiger partial charge in [0.1, 0.15) is 10.3 Å². The van der Waals surface area contributed by atoms with Gasteiger partial charge in [-0.3, -0.25) is 0 Å². The molecular formula is C14H10Cl2O4S2. The number of carbonyl (C=O) groups excluding carboxylic acids is 1. The van der Waals surface area contributed by atoms with Crippen LogP contribution in [0, 0.1) is 0 Å². The van der Waals surface area contributed by atoms with E-state index in [9.17, 15) is 13.2 Å². The summed E-state index contributed by atoms with van der Waals surface area (Å²) in [6.07, 6.45) is 1.38. The quantitative estimate of drug-likeness (QED) is 0.734. The Labute approximate surface area is 142 Å². The molecule has 1 unspecified atom stereocenters. The first kappa shape index (κ1) is 15.9. The maximum absolute atomic E-state index is 12.2. The van der Waals surface area contributed by atoms with E-state index in [1.54, 1.807) is 17.6 Å². The van der Waals surface area contributed by atoms with Crippen LogP contribution in [0.2, 0.25) is 10.0 Å². The summed E-state index contributed by atoms with van der Waals surface area (Å²) in [7, 11) is -3.24. The summed E-state index contributed by atoms with van der Waals surface area (Å²) in [5.41, 5.74) is 0.826. The normalized spacial score (nSPS) is 22.5. The summed E-state index contributed by atoms with van der Waals surface area (Å²) in [4.78, 5) is 12.2. The zero-order valence-corrected chi connectivity index (χ0v) is 14.2. The molecule has 1 aromatic carbocycles. The number of esters is 1. The van der Waals surface area contributed by atoms with E-state index in [0.717, 1.165) is 11.8 Å². The van der Waals surface area contributed by atoms with E-state index in [-0.39, 0.29) is 16.3 Å². The number of carbonyl (C=O) groups is 1. The number of rotatable bonds is 2. The minimum atomic E-state index is -3.24. The van der Waals surface area contributed by atoms with Crippen molar-refractivity contribution in [1.29, 1.82) is 0 Å². The van der Waals surface area contributed by atoms with Crippen LogP contribution in [0.5, 0.6) is 0 Å². The molecule has 1 atom stereocenters. The zero-order valence-electron chi connectivity index (χ0n) is 11.1. The molecule has 2 aliphatic rings. The van der Waals surface area contributed by atoms with Crippen LogP contribution in [0.25, 0.3) is 0 Å². The molecule has 22 heavy (non-hydrogen) atoms. The molecule has 0 radical (unpaired) electrons. The van der Waals surface area contributed by atoms with Gasteiger partial charge in [-0.05, 0) is 36.1 Å². The minimum Gasteiger partial charge on any atom is -0.450 e. The third kappa shape index (κ3) is 2.93. The number of sulfone groups is 1. The SMILES string of the molecule is O=C(OC1C=CSC2=C1CCS2(=O)=O)c1ccc(Cl)cc1Cl. The van der Waals surface area contributed by atoms with Crippen LogP contribution in [0.15, 0.2) is 39.5 Å². The highest BCUT2D eigenvalue weighted by atomic mass is 35.5. The first-order chi connectivity index (χ1) is 10.4. The predicted molar refractivity (Wildman–Crippen MR) is 87.8 cm³/mol. The van der Waals surface area contributed by atoms with Crippen LogP contribution < -0.4 is 0 Å². The smallest absolute Gasteiger partial charge is 0.340 e. The molecule has 1 aromatic rings. The van der Waals surface area contributed by atoms with E-state index < -0.39 is 21.9 Å². The number of ether oxygens (including phenoxy) is 1. The maximum atomic E-state index is 12.2.